The van der Waals surface area contributed by atoms with E-state index in [-0.39, 0.29) is 11.4 Å². The minimum absolute atomic E-state index is 0.178. The monoisotopic (exact) mass is 248 g/mol. The van der Waals surface area contributed by atoms with Gasteiger partial charge >= 0.3 is 0 Å². The van der Waals surface area contributed by atoms with Crippen LogP contribution in [-0.4, -0.2) is 4.98 Å². The van der Waals surface area contributed by atoms with Crippen molar-refractivity contribution in [3.8, 4) is 10.6 Å². The molecule has 2 N–H and O–H groups in total. The summed E-state index contributed by atoms with van der Waals surface area (Å²) in [6.45, 7) is 1.76. The van der Waals surface area contributed by atoms with Gasteiger partial charge in [-0.1, -0.05) is 0 Å². The number of halogens is 1. The zero-order valence-corrected chi connectivity index (χ0v) is 10.4. The third-order valence-electron chi connectivity index (χ3n) is 3.21. The molecule has 0 spiro atoms. The molecule has 0 aliphatic heterocycles. The molecule has 0 saturated heterocycles. The smallest absolute Gasteiger partial charge is 0.126 e. The average Bonchev–Trinajstić information content (AvgIpc) is 2.88. The molecular weight excluding hydrogens is 235 g/mol. The van der Waals surface area contributed by atoms with E-state index in [0.29, 0.717) is 5.56 Å². The predicted molar refractivity (Wildman–Crippen MR) is 67.3 cm³/mol. The van der Waals surface area contributed by atoms with Gasteiger partial charge in [0, 0.05) is 10.9 Å². The van der Waals surface area contributed by atoms with Crippen LogP contribution in [0.2, 0.25) is 0 Å². The van der Waals surface area contributed by atoms with Gasteiger partial charge in [-0.2, -0.15) is 0 Å². The normalized spacial score (nSPS) is 17.1. The van der Waals surface area contributed by atoms with Crippen molar-refractivity contribution in [2.75, 3.05) is 0 Å². The molecule has 1 heterocycles. The number of nitrogens with zero attached hydrogens (tertiary/aromatic N) is 1. The lowest BCUT2D eigenvalue weighted by atomic mass is 10.1. The summed E-state index contributed by atoms with van der Waals surface area (Å²) in [5, 5.41) is 2.93. The number of aryl methyl sites for hydroxylation is 1. The van der Waals surface area contributed by atoms with Crippen LogP contribution in [0.1, 0.15) is 24.1 Å². The number of hydrogen-bond acceptors (Lipinski definition) is 3. The van der Waals surface area contributed by atoms with Gasteiger partial charge in [0.1, 0.15) is 10.8 Å². The van der Waals surface area contributed by atoms with Gasteiger partial charge in [-0.3, -0.25) is 0 Å². The molecule has 88 valence electrons. The van der Waals surface area contributed by atoms with Gasteiger partial charge in [-0.05, 0) is 43.5 Å². The fourth-order valence-corrected chi connectivity index (χ4v) is 2.73. The first-order valence-corrected chi connectivity index (χ1v) is 6.48. The van der Waals surface area contributed by atoms with E-state index in [1.54, 1.807) is 24.3 Å². The Kier molecular flexibility index (Phi) is 2.31. The molecule has 0 amide bonds. The van der Waals surface area contributed by atoms with E-state index in [9.17, 15) is 4.39 Å². The van der Waals surface area contributed by atoms with Gasteiger partial charge in [0.15, 0.2) is 0 Å². The van der Waals surface area contributed by atoms with Crippen LogP contribution in [0.4, 0.5) is 4.39 Å². The number of aromatic nitrogens is 1. The minimum Gasteiger partial charge on any atom is -0.320 e. The Bertz CT molecular complexity index is 573. The zero-order chi connectivity index (χ0) is 12.0. The van der Waals surface area contributed by atoms with Crippen molar-refractivity contribution < 1.29 is 4.39 Å². The van der Waals surface area contributed by atoms with Crippen LogP contribution in [0.25, 0.3) is 10.6 Å². The molecule has 1 fully saturated rings. The third-order valence-corrected chi connectivity index (χ3v) is 4.10. The fraction of sp³-hybridized carbons (Fsp3) is 0.308. The van der Waals surface area contributed by atoms with Crippen molar-refractivity contribution in [2.45, 2.75) is 25.3 Å². The fourth-order valence-electron chi connectivity index (χ4n) is 1.80. The van der Waals surface area contributed by atoms with Crippen molar-refractivity contribution in [3.63, 3.8) is 0 Å². The highest BCUT2D eigenvalue weighted by atomic mass is 32.1. The maximum Gasteiger partial charge on any atom is 0.126 e. The molecule has 0 radical (unpaired) electrons. The van der Waals surface area contributed by atoms with E-state index in [2.05, 4.69) is 4.98 Å². The van der Waals surface area contributed by atoms with Gasteiger partial charge < -0.3 is 5.73 Å². The first-order valence-electron chi connectivity index (χ1n) is 5.60. The molecule has 1 aliphatic carbocycles. The quantitative estimate of drug-likeness (QED) is 0.886. The Morgan fingerprint density at radius 2 is 2.18 bits per heavy atom. The second-order valence-corrected chi connectivity index (χ2v) is 5.52. The molecule has 0 unspecified atom stereocenters. The molecule has 2 aromatic rings. The summed E-state index contributed by atoms with van der Waals surface area (Å²) in [6, 6.07) is 5.08. The Balaban J connectivity index is 1.98. The van der Waals surface area contributed by atoms with Gasteiger partial charge in [0.2, 0.25) is 0 Å². The standard InChI is InChI=1S/C13H13FN2S/c1-8-6-9(2-3-10(8)14)12-16-11(7-17-12)13(15)4-5-13/h2-3,6-7H,4-5,15H2,1H3. The number of benzene rings is 1. The van der Waals surface area contributed by atoms with Crippen molar-refractivity contribution in [3.05, 3.63) is 40.7 Å². The second kappa shape index (κ2) is 3.62. The molecule has 1 aromatic heterocycles. The first-order chi connectivity index (χ1) is 8.08. The summed E-state index contributed by atoms with van der Waals surface area (Å²) in [7, 11) is 0. The highest BCUT2D eigenvalue weighted by molar-refractivity contribution is 7.13. The lowest BCUT2D eigenvalue weighted by Gasteiger charge is -2.03. The SMILES string of the molecule is Cc1cc(-c2nc(C3(N)CC3)cs2)ccc1F. The highest BCUT2D eigenvalue weighted by Gasteiger charge is 2.42. The summed E-state index contributed by atoms with van der Waals surface area (Å²) in [5.74, 6) is -0.178. The second-order valence-electron chi connectivity index (χ2n) is 4.66. The van der Waals surface area contributed by atoms with Crippen LogP contribution in [0, 0.1) is 12.7 Å². The molecule has 2 nitrogen and oxygen atoms in total. The maximum atomic E-state index is 13.2. The van der Waals surface area contributed by atoms with E-state index < -0.39 is 0 Å². The molecule has 3 rings (SSSR count). The van der Waals surface area contributed by atoms with E-state index in [4.69, 9.17) is 5.73 Å². The summed E-state index contributed by atoms with van der Waals surface area (Å²) >= 11 is 1.57. The molecule has 0 atom stereocenters. The van der Waals surface area contributed by atoms with Crippen LogP contribution >= 0.6 is 11.3 Å². The van der Waals surface area contributed by atoms with Gasteiger partial charge in [0.25, 0.3) is 0 Å². The first kappa shape index (κ1) is 10.9. The maximum absolute atomic E-state index is 13.2. The zero-order valence-electron chi connectivity index (χ0n) is 9.53. The van der Waals surface area contributed by atoms with Gasteiger partial charge in [-0.15, -0.1) is 11.3 Å². The van der Waals surface area contributed by atoms with E-state index >= 15 is 0 Å². The molecule has 4 heteroatoms. The summed E-state index contributed by atoms with van der Waals surface area (Å²) < 4.78 is 13.2. The van der Waals surface area contributed by atoms with Gasteiger partial charge in [0.05, 0.1) is 11.2 Å². The van der Waals surface area contributed by atoms with E-state index in [1.165, 1.54) is 6.07 Å². The topological polar surface area (TPSA) is 38.9 Å². The van der Waals surface area contributed by atoms with Crippen LogP contribution in [-0.2, 0) is 5.54 Å². The minimum atomic E-state index is -0.191. The lowest BCUT2D eigenvalue weighted by Crippen LogP contribution is -2.18. The molecule has 0 bridgehead atoms. The average molecular weight is 248 g/mol. The van der Waals surface area contributed by atoms with Crippen LogP contribution in [0.15, 0.2) is 23.6 Å². The van der Waals surface area contributed by atoms with Crippen molar-refractivity contribution in [1.82, 2.24) is 4.98 Å². The van der Waals surface area contributed by atoms with Crippen molar-refractivity contribution in [2.24, 2.45) is 5.73 Å². The number of thiazole rings is 1. The molecular formula is C13H13FN2S. The van der Waals surface area contributed by atoms with Crippen LogP contribution < -0.4 is 5.73 Å². The lowest BCUT2D eigenvalue weighted by molar-refractivity contribution is 0.619. The summed E-state index contributed by atoms with van der Waals surface area (Å²) in [6.07, 6.45) is 2.03. The molecule has 1 aliphatic rings. The molecule has 1 saturated carbocycles. The van der Waals surface area contributed by atoms with Gasteiger partial charge in [-0.25, -0.2) is 9.37 Å². The Morgan fingerprint density at radius 3 is 2.82 bits per heavy atom. The number of nitrogens with two attached hydrogens (primary N) is 1. The van der Waals surface area contributed by atoms with E-state index in [1.807, 2.05) is 11.4 Å². The van der Waals surface area contributed by atoms with E-state index in [0.717, 1.165) is 29.1 Å². The Morgan fingerprint density at radius 1 is 1.41 bits per heavy atom. The third kappa shape index (κ3) is 1.87. The predicted octanol–water partition coefficient (Wildman–Crippen LogP) is 3.21. The Hall–Kier alpha value is -1.26. The summed E-state index contributed by atoms with van der Waals surface area (Å²) in [4.78, 5) is 4.56. The molecule has 17 heavy (non-hydrogen) atoms. The highest BCUT2D eigenvalue weighted by Crippen LogP contribution is 2.43. The van der Waals surface area contributed by atoms with Crippen molar-refractivity contribution in [1.29, 1.82) is 0 Å². The summed E-state index contributed by atoms with van der Waals surface area (Å²) in [5.41, 5.74) is 8.49. The number of rotatable bonds is 2. The van der Waals surface area contributed by atoms with Crippen LogP contribution in [0.3, 0.4) is 0 Å². The molecule has 1 aromatic carbocycles. The van der Waals surface area contributed by atoms with Crippen molar-refractivity contribution >= 4 is 11.3 Å². The Labute approximate surface area is 103 Å². The van der Waals surface area contributed by atoms with Crippen LogP contribution in [0.5, 0.6) is 0 Å². The largest absolute Gasteiger partial charge is 0.320 e. The number of hydrogen-bond donors (Lipinski definition) is 1.